The predicted octanol–water partition coefficient (Wildman–Crippen LogP) is 3.28. The average molecular weight is 360 g/mol. The molecule has 0 spiro atoms. The van der Waals surface area contributed by atoms with Crippen LogP contribution in [0.1, 0.15) is 11.1 Å². The Kier molecular flexibility index (Phi) is 5.01. The van der Waals surface area contributed by atoms with E-state index in [9.17, 15) is 18.0 Å². The van der Waals surface area contributed by atoms with Gasteiger partial charge in [0, 0.05) is 12.1 Å². The van der Waals surface area contributed by atoms with Gasteiger partial charge in [-0.25, -0.2) is 4.68 Å². The van der Waals surface area contributed by atoms with Crippen molar-refractivity contribution in [2.75, 3.05) is 0 Å². The third-order valence-corrected chi connectivity index (χ3v) is 3.69. The fraction of sp³-hybridized carbons (Fsp3) is 0.167. The molecule has 2 aromatic carbocycles. The molecule has 0 unspecified atom stereocenters. The quantitative estimate of drug-likeness (QED) is 0.760. The van der Waals surface area contributed by atoms with Gasteiger partial charge >= 0.3 is 6.18 Å². The normalized spacial score (nSPS) is 11.3. The summed E-state index contributed by atoms with van der Waals surface area (Å²) < 4.78 is 40.5. The number of hydrogen-bond acceptors (Lipinski definition) is 3. The molecule has 1 amide bonds. The van der Waals surface area contributed by atoms with E-state index < -0.39 is 11.7 Å². The first kappa shape index (κ1) is 17.7. The molecule has 0 aliphatic carbocycles. The fourth-order valence-electron chi connectivity index (χ4n) is 2.45. The van der Waals surface area contributed by atoms with Gasteiger partial charge in [0.05, 0.1) is 11.8 Å². The zero-order valence-electron chi connectivity index (χ0n) is 13.6. The van der Waals surface area contributed by atoms with E-state index in [4.69, 9.17) is 0 Å². The maximum atomic E-state index is 13.1. The summed E-state index contributed by atoms with van der Waals surface area (Å²) in [6, 6.07) is 14.5. The highest BCUT2D eigenvalue weighted by molar-refractivity contribution is 5.75. The van der Waals surface area contributed by atoms with Gasteiger partial charge in [-0.15, -0.1) is 5.10 Å². The third kappa shape index (κ3) is 4.27. The highest BCUT2D eigenvalue weighted by Crippen LogP contribution is 2.35. The van der Waals surface area contributed by atoms with E-state index in [1.165, 1.54) is 29.1 Å². The van der Waals surface area contributed by atoms with Gasteiger partial charge in [-0.3, -0.25) is 4.79 Å². The van der Waals surface area contributed by atoms with Crippen LogP contribution in [0.3, 0.4) is 0 Å². The van der Waals surface area contributed by atoms with Crippen LogP contribution in [0.2, 0.25) is 0 Å². The summed E-state index contributed by atoms with van der Waals surface area (Å²) in [5.41, 5.74) is 0.143. The number of benzene rings is 2. The number of carbonyl (C=O) groups is 1. The molecular weight excluding hydrogens is 345 g/mol. The Morgan fingerprint density at radius 2 is 1.73 bits per heavy atom. The van der Waals surface area contributed by atoms with Gasteiger partial charge in [-0.2, -0.15) is 13.2 Å². The molecule has 1 heterocycles. The van der Waals surface area contributed by atoms with Gasteiger partial charge in [0.15, 0.2) is 0 Å². The van der Waals surface area contributed by atoms with E-state index in [1.54, 1.807) is 0 Å². The minimum absolute atomic E-state index is 0.0637. The summed E-state index contributed by atoms with van der Waals surface area (Å²) in [7, 11) is 0. The monoisotopic (exact) mass is 360 g/mol. The molecule has 1 aromatic heterocycles. The number of alkyl halides is 3. The van der Waals surface area contributed by atoms with Crippen LogP contribution < -0.4 is 5.32 Å². The SMILES string of the molecule is O=C(Cn1cc(-c2ccccc2C(F)(F)F)nn1)NCc1ccccc1. The molecule has 3 rings (SSSR count). The minimum Gasteiger partial charge on any atom is -0.350 e. The number of hydrogen-bond donors (Lipinski definition) is 1. The topological polar surface area (TPSA) is 59.8 Å². The summed E-state index contributed by atoms with van der Waals surface area (Å²) in [4.78, 5) is 12.0. The van der Waals surface area contributed by atoms with Gasteiger partial charge in [0.2, 0.25) is 5.91 Å². The number of aromatic nitrogens is 3. The molecule has 0 saturated carbocycles. The van der Waals surface area contributed by atoms with Gasteiger partial charge in [0.25, 0.3) is 0 Å². The predicted molar refractivity (Wildman–Crippen MR) is 88.7 cm³/mol. The van der Waals surface area contributed by atoms with Gasteiger partial charge in [-0.05, 0) is 11.6 Å². The van der Waals surface area contributed by atoms with E-state index in [0.717, 1.165) is 11.6 Å². The molecule has 0 saturated heterocycles. The Hall–Kier alpha value is -3.16. The number of halogens is 3. The summed E-state index contributed by atoms with van der Waals surface area (Å²) in [6.45, 7) is 0.228. The summed E-state index contributed by atoms with van der Waals surface area (Å²) in [6.07, 6.45) is -3.17. The zero-order valence-corrected chi connectivity index (χ0v) is 13.6. The van der Waals surface area contributed by atoms with Crippen LogP contribution in [0.5, 0.6) is 0 Å². The Morgan fingerprint density at radius 3 is 2.46 bits per heavy atom. The Bertz CT molecular complexity index is 891. The van der Waals surface area contributed by atoms with Crippen molar-refractivity contribution in [3.05, 3.63) is 71.9 Å². The zero-order chi connectivity index (χ0) is 18.6. The first-order chi connectivity index (χ1) is 12.4. The Labute approximate surface area is 147 Å². The summed E-state index contributed by atoms with van der Waals surface area (Å²) >= 11 is 0. The fourth-order valence-corrected chi connectivity index (χ4v) is 2.45. The smallest absolute Gasteiger partial charge is 0.350 e. The van der Waals surface area contributed by atoms with Crippen LogP contribution in [0.15, 0.2) is 60.8 Å². The molecule has 0 fully saturated rings. The molecule has 0 aliphatic rings. The van der Waals surface area contributed by atoms with Crippen molar-refractivity contribution in [1.29, 1.82) is 0 Å². The lowest BCUT2D eigenvalue weighted by Crippen LogP contribution is -2.27. The van der Waals surface area contributed by atoms with E-state index in [0.29, 0.717) is 6.54 Å². The molecule has 0 atom stereocenters. The molecule has 5 nitrogen and oxygen atoms in total. The lowest BCUT2D eigenvalue weighted by Gasteiger charge is -2.10. The van der Waals surface area contributed by atoms with Crippen molar-refractivity contribution in [3.8, 4) is 11.3 Å². The average Bonchev–Trinajstić information content (AvgIpc) is 3.08. The van der Waals surface area contributed by atoms with Crippen molar-refractivity contribution < 1.29 is 18.0 Å². The third-order valence-electron chi connectivity index (χ3n) is 3.69. The first-order valence-electron chi connectivity index (χ1n) is 7.81. The van der Waals surface area contributed by atoms with Gasteiger partial charge in [-0.1, -0.05) is 53.7 Å². The minimum atomic E-state index is -4.49. The molecule has 0 aliphatic heterocycles. The number of amides is 1. The molecule has 3 aromatic rings. The molecule has 8 heteroatoms. The van der Waals surface area contributed by atoms with Crippen molar-refractivity contribution in [2.24, 2.45) is 0 Å². The molecule has 134 valence electrons. The maximum absolute atomic E-state index is 13.1. The molecule has 0 radical (unpaired) electrons. The first-order valence-corrected chi connectivity index (χ1v) is 7.81. The summed E-state index contributed by atoms with van der Waals surface area (Å²) in [5, 5.41) is 10.2. The maximum Gasteiger partial charge on any atom is 0.417 e. The van der Waals surface area contributed by atoms with Crippen molar-refractivity contribution in [2.45, 2.75) is 19.3 Å². The van der Waals surface area contributed by atoms with Crippen LogP contribution in [-0.2, 0) is 24.1 Å². The standard InChI is InChI=1S/C18H15F3N4O/c19-18(20,21)15-9-5-4-8-14(15)16-11-25(24-23-16)12-17(26)22-10-13-6-2-1-3-7-13/h1-9,11H,10,12H2,(H,22,26). The second kappa shape index (κ2) is 7.38. The van der Waals surface area contributed by atoms with Crippen LogP contribution in [0.25, 0.3) is 11.3 Å². The van der Waals surface area contributed by atoms with E-state index in [2.05, 4.69) is 15.6 Å². The Balaban J connectivity index is 1.68. The molecular formula is C18H15F3N4O. The van der Waals surface area contributed by atoms with Crippen molar-refractivity contribution in [3.63, 3.8) is 0 Å². The second-order valence-electron chi connectivity index (χ2n) is 5.61. The number of nitrogens with zero attached hydrogens (tertiary/aromatic N) is 3. The number of rotatable bonds is 5. The lowest BCUT2D eigenvalue weighted by atomic mass is 10.1. The van der Waals surface area contributed by atoms with E-state index >= 15 is 0 Å². The van der Waals surface area contributed by atoms with Crippen LogP contribution >= 0.6 is 0 Å². The summed E-state index contributed by atoms with van der Waals surface area (Å²) in [5.74, 6) is -0.311. The molecule has 1 N–H and O–H groups in total. The largest absolute Gasteiger partial charge is 0.417 e. The van der Waals surface area contributed by atoms with Gasteiger partial charge < -0.3 is 5.32 Å². The van der Waals surface area contributed by atoms with Crippen molar-refractivity contribution in [1.82, 2.24) is 20.3 Å². The number of carbonyl (C=O) groups excluding carboxylic acids is 1. The molecule has 26 heavy (non-hydrogen) atoms. The number of nitrogens with one attached hydrogen (secondary N) is 1. The van der Waals surface area contributed by atoms with Crippen LogP contribution in [-0.4, -0.2) is 20.9 Å². The van der Waals surface area contributed by atoms with Gasteiger partial charge in [0.1, 0.15) is 12.2 Å². The molecule has 0 bridgehead atoms. The van der Waals surface area contributed by atoms with E-state index in [-0.39, 0.29) is 23.7 Å². The van der Waals surface area contributed by atoms with E-state index in [1.807, 2.05) is 30.3 Å². The van der Waals surface area contributed by atoms with Crippen LogP contribution in [0, 0.1) is 0 Å². The highest BCUT2D eigenvalue weighted by Gasteiger charge is 2.33. The lowest BCUT2D eigenvalue weighted by molar-refractivity contribution is -0.137. The highest BCUT2D eigenvalue weighted by atomic mass is 19.4. The van der Waals surface area contributed by atoms with Crippen molar-refractivity contribution >= 4 is 5.91 Å². The second-order valence-corrected chi connectivity index (χ2v) is 5.61. The Morgan fingerprint density at radius 1 is 1.04 bits per heavy atom. The van der Waals surface area contributed by atoms with Crippen LogP contribution in [0.4, 0.5) is 13.2 Å².